The molecule has 3 heterocycles. The van der Waals surface area contributed by atoms with Crippen LogP contribution in [0.5, 0.6) is 0 Å². The Labute approximate surface area is 149 Å². The number of imide groups is 1. The second-order valence-corrected chi connectivity index (χ2v) is 6.58. The highest BCUT2D eigenvalue weighted by Crippen LogP contribution is 2.24. The summed E-state index contributed by atoms with van der Waals surface area (Å²) < 4.78 is 1.25. The minimum atomic E-state index is -0.591. The lowest BCUT2D eigenvalue weighted by Crippen LogP contribution is -2.44. The van der Waals surface area contributed by atoms with Crippen LogP contribution in [0.3, 0.4) is 0 Å². The molecule has 3 N–H and O–H groups in total. The maximum Gasteiger partial charge on any atom is 0.262 e. The van der Waals surface area contributed by atoms with E-state index in [2.05, 4.69) is 22.2 Å². The van der Waals surface area contributed by atoms with Crippen LogP contribution in [0.15, 0.2) is 35.1 Å². The Kier molecular flexibility index (Phi) is 3.77. The summed E-state index contributed by atoms with van der Waals surface area (Å²) in [6.45, 7) is 3.89. The predicted octanol–water partition coefficient (Wildman–Crippen LogP) is 0.0551. The van der Waals surface area contributed by atoms with Gasteiger partial charge in [-0.25, -0.2) is 0 Å². The molecule has 1 fully saturated rings. The standard InChI is InChI=1S/C18H19N5O3/c1-21-6-8-22(9-7-21)11-2-4-12(5-3-11)23-14(24)10-13-15(16(23)19)18(26)20-17(13)25/h2-5,10H,6-9,19H2,1H3,(H,20,25,26). The van der Waals surface area contributed by atoms with Gasteiger partial charge < -0.3 is 15.5 Å². The Balaban J connectivity index is 1.71. The molecule has 0 radical (unpaired) electrons. The van der Waals surface area contributed by atoms with E-state index in [0.717, 1.165) is 37.9 Å². The Bertz CT molecular complexity index is 956. The number of nitrogens with two attached hydrogens (primary N) is 1. The number of benzene rings is 1. The molecular formula is C18H19N5O3. The molecule has 1 saturated heterocycles. The summed E-state index contributed by atoms with van der Waals surface area (Å²) in [6, 6.07) is 8.62. The van der Waals surface area contributed by atoms with Crippen LogP contribution in [0.1, 0.15) is 20.7 Å². The van der Waals surface area contributed by atoms with E-state index in [4.69, 9.17) is 5.73 Å². The van der Waals surface area contributed by atoms with Crippen molar-refractivity contribution in [3.05, 3.63) is 51.8 Å². The smallest absolute Gasteiger partial charge is 0.262 e. The first kappa shape index (κ1) is 16.3. The highest BCUT2D eigenvalue weighted by Gasteiger charge is 2.31. The molecule has 0 spiro atoms. The van der Waals surface area contributed by atoms with Gasteiger partial charge in [-0.05, 0) is 31.3 Å². The van der Waals surface area contributed by atoms with E-state index in [0.29, 0.717) is 5.69 Å². The van der Waals surface area contributed by atoms with Crippen LogP contribution < -0.4 is 21.5 Å². The SMILES string of the molecule is CN1CCN(c2ccc(-n3c(N)c4c(cc3=O)C(=O)NC4=O)cc2)CC1. The summed E-state index contributed by atoms with van der Waals surface area (Å²) >= 11 is 0. The molecule has 26 heavy (non-hydrogen) atoms. The van der Waals surface area contributed by atoms with Gasteiger partial charge in [-0.2, -0.15) is 0 Å². The molecule has 0 aliphatic carbocycles. The van der Waals surface area contributed by atoms with Crippen LogP contribution in [0.2, 0.25) is 0 Å². The van der Waals surface area contributed by atoms with Crippen molar-refractivity contribution in [2.75, 3.05) is 43.9 Å². The summed E-state index contributed by atoms with van der Waals surface area (Å²) in [6.07, 6.45) is 0. The summed E-state index contributed by atoms with van der Waals surface area (Å²) in [5, 5.41) is 2.16. The van der Waals surface area contributed by atoms with Gasteiger partial charge in [-0.15, -0.1) is 0 Å². The summed E-state index contributed by atoms with van der Waals surface area (Å²) in [5.74, 6) is -1.19. The number of anilines is 2. The maximum atomic E-state index is 12.5. The topological polar surface area (TPSA) is 101 Å². The molecule has 4 rings (SSSR count). The van der Waals surface area contributed by atoms with Crippen molar-refractivity contribution in [2.24, 2.45) is 0 Å². The third-order valence-corrected chi connectivity index (χ3v) is 4.93. The number of amides is 2. The van der Waals surface area contributed by atoms with Crippen LogP contribution in [0, 0.1) is 0 Å². The molecule has 1 aromatic heterocycles. The zero-order chi connectivity index (χ0) is 18.4. The Morgan fingerprint density at radius 3 is 2.19 bits per heavy atom. The first-order valence-electron chi connectivity index (χ1n) is 8.41. The zero-order valence-corrected chi connectivity index (χ0v) is 14.4. The molecule has 1 aromatic carbocycles. The molecule has 0 saturated carbocycles. The van der Waals surface area contributed by atoms with E-state index < -0.39 is 17.4 Å². The summed E-state index contributed by atoms with van der Waals surface area (Å²) in [4.78, 5) is 40.7. The fourth-order valence-electron chi connectivity index (χ4n) is 3.42. The fourth-order valence-corrected chi connectivity index (χ4v) is 3.42. The largest absolute Gasteiger partial charge is 0.384 e. The van der Waals surface area contributed by atoms with Crippen molar-refractivity contribution < 1.29 is 9.59 Å². The molecule has 8 nitrogen and oxygen atoms in total. The minimum absolute atomic E-state index is 0.0248. The van der Waals surface area contributed by atoms with Crippen molar-refractivity contribution in [3.8, 4) is 5.69 Å². The van der Waals surface area contributed by atoms with Crippen LogP contribution in [0.25, 0.3) is 5.69 Å². The van der Waals surface area contributed by atoms with E-state index in [-0.39, 0.29) is 16.9 Å². The molecular weight excluding hydrogens is 334 g/mol. The summed E-state index contributed by atoms with van der Waals surface area (Å²) in [5.41, 5.74) is 7.32. The number of nitrogens with one attached hydrogen (secondary N) is 1. The van der Waals surface area contributed by atoms with Gasteiger partial charge in [0.2, 0.25) is 0 Å². The molecule has 8 heteroatoms. The second-order valence-electron chi connectivity index (χ2n) is 6.58. The molecule has 2 aliphatic heterocycles. The quantitative estimate of drug-likeness (QED) is 0.740. The lowest BCUT2D eigenvalue weighted by Gasteiger charge is -2.34. The Hall–Kier alpha value is -3.13. The number of piperazine rings is 1. The van der Waals surface area contributed by atoms with Crippen LogP contribution in [-0.4, -0.2) is 54.5 Å². The number of carbonyl (C=O) groups excluding carboxylic acids is 2. The van der Waals surface area contributed by atoms with Crippen molar-refractivity contribution in [1.29, 1.82) is 0 Å². The van der Waals surface area contributed by atoms with Gasteiger partial charge in [0.05, 0.1) is 16.8 Å². The monoisotopic (exact) mass is 353 g/mol. The number of hydrogen-bond donors (Lipinski definition) is 2. The van der Waals surface area contributed by atoms with Crippen LogP contribution in [0.4, 0.5) is 11.5 Å². The number of nitrogens with zero attached hydrogens (tertiary/aromatic N) is 3. The van der Waals surface area contributed by atoms with E-state index >= 15 is 0 Å². The molecule has 0 unspecified atom stereocenters. The maximum absolute atomic E-state index is 12.5. The first-order chi connectivity index (χ1) is 12.5. The highest BCUT2D eigenvalue weighted by molar-refractivity contribution is 6.23. The van der Waals surface area contributed by atoms with Gasteiger partial charge in [0.15, 0.2) is 0 Å². The highest BCUT2D eigenvalue weighted by atomic mass is 16.2. The van der Waals surface area contributed by atoms with Gasteiger partial charge in [0, 0.05) is 37.9 Å². The van der Waals surface area contributed by atoms with Gasteiger partial charge in [-0.3, -0.25) is 24.3 Å². The van der Waals surface area contributed by atoms with Crippen LogP contribution >= 0.6 is 0 Å². The van der Waals surface area contributed by atoms with E-state index in [1.807, 2.05) is 12.1 Å². The molecule has 134 valence electrons. The number of pyridine rings is 1. The number of aromatic nitrogens is 1. The second kappa shape index (κ2) is 5.99. The third kappa shape index (κ3) is 2.55. The lowest BCUT2D eigenvalue weighted by molar-refractivity contribution is 0.0880. The van der Waals surface area contributed by atoms with Crippen molar-refractivity contribution >= 4 is 23.3 Å². The normalized spacial score (nSPS) is 17.3. The first-order valence-corrected chi connectivity index (χ1v) is 8.41. The number of rotatable bonds is 2. The fraction of sp³-hybridized carbons (Fsp3) is 0.278. The molecule has 2 amide bonds. The number of nitrogen functional groups attached to an aromatic ring is 1. The number of fused-ring (bicyclic) bond motifs is 1. The average Bonchev–Trinajstić information content (AvgIpc) is 2.90. The Morgan fingerprint density at radius 1 is 0.923 bits per heavy atom. The average molecular weight is 353 g/mol. The van der Waals surface area contributed by atoms with Gasteiger partial charge in [-0.1, -0.05) is 0 Å². The van der Waals surface area contributed by atoms with Crippen molar-refractivity contribution in [1.82, 2.24) is 14.8 Å². The molecule has 2 aromatic rings. The third-order valence-electron chi connectivity index (χ3n) is 4.93. The number of carbonyl (C=O) groups is 2. The van der Waals surface area contributed by atoms with Crippen molar-refractivity contribution in [3.63, 3.8) is 0 Å². The van der Waals surface area contributed by atoms with E-state index in [1.165, 1.54) is 4.57 Å². The van der Waals surface area contributed by atoms with Crippen LogP contribution in [-0.2, 0) is 0 Å². The van der Waals surface area contributed by atoms with Gasteiger partial charge in [0.1, 0.15) is 5.82 Å². The van der Waals surface area contributed by atoms with Crippen molar-refractivity contribution in [2.45, 2.75) is 0 Å². The molecule has 2 aliphatic rings. The summed E-state index contributed by atoms with van der Waals surface area (Å²) in [7, 11) is 2.10. The van der Waals surface area contributed by atoms with Gasteiger partial charge in [0.25, 0.3) is 17.4 Å². The Morgan fingerprint density at radius 2 is 1.54 bits per heavy atom. The minimum Gasteiger partial charge on any atom is -0.384 e. The van der Waals surface area contributed by atoms with Gasteiger partial charge >= 0.3 is 0 Å². The lowest BCUT2D eigenvalue weighted by atomic mass is 10.1. The molecule has 0 atom stereocenters. The number of hydrogen-bond acceptors (Lipinski definition) is 6. The van der Waals surface area contributed by atoms with E-state index in [1.54, 1.807) is 12.1 Å². The predicted molar refractivity (Wildman–Crippen MR) is 98.0 cm³/mol. The zero-order valence-electron chi connectivity index (χ0n) is 14.4. The molecule has 0 bridgehead atoms. The van der Waals surface area contributed by atoms with E-state index in [9.17, 15) is 14.4 Å². The number of likely N-dealkylation sites (N-methyl/N-ethyl adjacent to an activating group) is 1.